The van der Waals surface area contributed by atoms with Crippen molar-refractivity contribution in [3.05, 3.63) is 91.4 Å². The zero-order valence-corrected chi connectivity index (χ0v) is 17.4. The first-order chi connectivity index (χ1) is 14.6. The van der Waals surface area contributed by atoms with Crippen LogP contribution in [-0.2, 0) is 6.42 Å². The molecule has 6 nitrogen and oxygen atoms in total. The van der Waals surface area contributed by atoms with E-state index in [0.29, 0.717) is 0 Å². The van der Waals surface area contributed by atoms with Gasteiger partial charge in [0.05, 0.1) is 11.0 Å². The van der Waals surface area contributed by atoms with Gasteiger partial charge < -0.3 is 14.8 Å². The van der Waals surface area contributed by atoms with Crippen LogP contribution >= 0.6 is 15.9 Å². The van der Waals surface area contributed by atoms with E-state index in [1.54, 1.807) is 12.1 Å². The van der Waals surface area contributed by atoms with E-state index >= 15 is 0 Å². The first-order valence-electron chi connectivity index (χ1n) is 9.82. The van der Waals surface area contributed by atoms with Crippen LogP contribution in [0.4, 0.5) is 11.4 Å². The molecule has 3 aromatic rings. The topological polar surface area (TPSA) is 73.6 Å². The zero-order valence-electron chi connectivity index (χ0n) is 15.8. The third kappa shape index (κ3) is 2.55. The summed E-state index contributed by atoms with van der Waals surface area (Å²) in [6.45, 7) is 0.229. The van der Waals surface area contributed by atoms with E-state index in [9.17, 15) is 10.1 Å². The number of anilines is 1. The fourth-order valence-electron chi connectivity index (χ4n) is 5.14. The van der Waals surface area contributed by atoms with Crippen LogP contribution in [0, 0.1) is 16.0 Å². The maximum atomic E-state index is 11.4. The minimum absolute atomic E-state index is 0.0280. The summed E-state index contributed by atoms with van der Waals surface area (Å²) >= 11 is 3.72. The number of nitrogens with zero attached hydrogens (tertiary/aromatic N) is 1. The van der Waals surface area contributed by atoms with Crippen LogP contribution in [0.5, 0.6) is 11.5 Å². The number of rotatable bonds is 2. The molecule has 7 heteroatoms. The van der Waals surface area contributed by atoms with Crippen LogP contribution < -0.4 is 14.8 Å². The highest BCUT2D eigenvalue weighted by molar-refractivity contribution is 9.10. The minimum Gasteiger partial charge on any atom is -0.454 e. The SMILES string of the molecule is O=[N+]([O-])c1ccc2c(c1)[C@@H]1c3ccccc3C[C@H]1[C@H](c1cc3c(cc1Br)OCO3)N2. The summed E-state index contributed by atoms with van der Waals surface area (Å²) in [5.41, 5.74) is 5.72. The van der Waals surface area contributed by atoms with E-state index in [2.05, 4.69) is 39.4 Å². The highest BCUT2D eigenvalue weighted by atomic mass is 79.9. The van der Waals surface area contributed by atoms with Crippen molar-refractivity contribution < 1.29 is 14.4 Å². The standard InChI is InChI=1S/C23H17BrN2O4/c24-18-10-21-20(29-11-30-21)9-15(18)23-17-7-12-3-1-2-4-14(12)22(17)16-8-13(26(27)28)5-6-19(16)25-23/h1-6,8-10,17,22-23,25H,7,11H2/t17-,22+,23+/m1/s1. The number of benzene rings is 3. The van der Waals surface area contributed by atoms with Crippen molar-refractivity contribution in [2.45, 2.75) is 18.4 Å². The maximum absolute atomic E-state index is 11.4. The van der Waals surface area contributed by atoms with E-state index in [4.69, 9.17) is 9.47 Å². The molecule has 3 atom stereocenters. The Bertz CT molecular complexity index is 1210. The third-order valence-corrected chi connectivity index (χ3v) is 7.11. The molecule has 1 aliphatic carbocycles. The molecule has 2 heterocycles. The first-order valence-corrected chi connectivity index (χ1v) is 10.6. The summed E-state index contributed by atoms with van der Waals surface area (Å²) in [6, 6.07) is 17.6. The van der Waals surface area contributed by atoms with Crippen LogP contribution in [0.2, 0.25) is 0 Å². The molecule has 0 saturated heterocycles. The van der Waals surface area contributed by atoms with Crippen molar-refractivity contribution in [3.8, 4) is 11.5 Å². The van der Waals surface area contributed by atoms with Crippen LogP contribution in [0.3, 0.4) is 0 Å². The second-order valence-corrected chi connectivity index (χ2v) is 8.78. The van der Waals surface area contributed by atoms with Gasteiger partial charge in [-0.05, 0) is 52.8 Å². The number of hydrogen-bond donors (Lipinski definition) is 1. The normalized spacial score (nSPS) is 22.6. The maximum Gasteiger partial charge on any atom is 0.269 e. The molecular formula is C23H17BrN2O4. The smallest absolute Gasteiger partial charge is 0.269 e. The fraction of sp³-hybridized carbons (Fsp3) is 0.217. The van der Waals surface area contributed by atoms with Crippen LogP contribution in [-0.4, -0.2) is 11.7 Å². The van der Waals surface area contributed by atoms with Gasteiger partial charge in [0.1, 0.15) is 0 Å². The number of fused-ring (bicyclic) bond motifs is 6. The van der Waals surface area contributed by atoms with Crippen LogP contribution in [0.25, 0.3) is 0 Å². The molecule has 6 rings (SSSR count). The monoisotopic (exact) mass is 464 g/mol. The second-order valence-electron chi connectivity index (χ2n) is 7.92. The zero-order chi connectivity index (χ0) is 20.4. The number of non-ortho nitro benzene ring substituents is 1. The predicted octanol–water partition coefficient (Wildman–Crippen LogP) is 5.56. The molecule has 3 aromatic carbocycles. The molecule has 0 unspecified atom stereocenters. The number of halogens is 1. The number of nitro benzene ring substituents is 1. The van der Waals surface area contributed by atoms with Crippen molar-refractivity contribution in [3.63, 3.8) is 0 Å². The molecule has 0 saturated carbocycles. The summed E-state index contributed by atoms with van der Waals surface area (Å²) in [5.74, 6) is 1.81. The highest BCUT2D eigenvalue weighted by Gasteiger charge is 2.44. The Balaban J connectivity index is 1.53. The van der Waals surface area contributed by atoms with Crippen molar-refractivity contribution in [2.24, 2.45) is 5.92 Å². The van der Waals surface area contributed by atoms with E-state index in [1.165, 1.54) is 11.1 Å². The summed E-state index contributed by atoms with van der Waals surface area (Å²) in [4.78, 5) is 11.1. The van der Waals surface area contributed by atoms with E-state index in [1.807, 2.05) is 24.3 Å². The molecule has 0 amide bonds. The van der Waals surface area contributed by atoms with Gasteiger partial charge in [-0.3, -0.25) is 10.1 Å². The molecule has 150 valence electrons. The average molecular weight is 465 g/mol. The van der Waals surface area contributed by atoms with Crippen LogP contribution in [0.1, 0.15) is 34.2 Å². The Morgan fingerprint density at radius 2 is 1.80 bits per heavy atom. The van der Waals surface area contributed by atoms with Gasteiger partial charge in [-0.2, -0.15) is 0 Å². The number of nitrogens with one attached hydrogen (secondary N) is 1. The molecular weight excluding hydrogens is 448 g/mol. The molecule has 30 heavy (non-hydrogen) atoms. The summed E-state index contributed by atoms with van der Waals surface area (Å²) in [7, 11) is 0. The van der Waals surface area contributed by atoms with Gasteiger partial charge in [0.2, 0.25) is 6.79 Å². The molecule has 0 bridgehead atoms. The lowest BCUT2D eigenvalue weighted by Gasteiger charge is -2.38. The Hall–Kier alpha value is -3.06. The van der Waals surface area contributed by atoms with E-state index in [-0.39, 0.29) is 35.3 Å². The molecule has 0 aromatic heterocycles. The van der Waals surface area contributed by atoms with Crippen LogP contribution in [0.15, 0.2) is 59.1 Å². The van der Waals surface area contributed by atoms with Gasteiger partial charge in [0.25, 0.3) is 5.69 Å². The minimum atomic E-state index is -0.323. The third-order valence-electron chi connectivity index (χ3n) is 6.42. The lowest BCUT2D eigenvalue weighted by atomic mass is 9.75. The van der Waals surface area contributed by atoms with Gasteiger partial charge in [0, 0.05) is 28.2 Å². The lowest BCUT2D eigenvalue weighted by Crippen LogP contribution is -2.30. The molecule has 2 aliphatic heterocycles. The van der Waals surface area contributed by atoms with Gasteiger partial charge in [-0.15, -0.1) is 0 Å². The van der Waals surface area contributed by atoms with Crippen molar-refractivity contribution in [1.29, 1.82) is 0 Å². The molecule has 0 fully saturated rings. The van der Waals surface area contributed by atoms with Gasteiger partial charge in [0.15, 0.2) is 11.5 Å². The van der Waals surface area contributed by atoms with Gasteiger partial charge in [-0.25, -0.2) is 0 Å². The fourth-order valence-corrected chi connectivity index (χ4v) is 5.71. The van der Waals surface area contributed by atoms with E-state index < -0.39 is 0 Å². The largest absolute Gasteiger partial charge is 0.454 e. The first kappa shape index (κ1) is 17.8. The highest BCUT2D eigenvalue weighted by Crippen LogP contribution is 2.55. The van der Waals surface area contributed by atoms with Gasteiger partial charge in [-0.1, -0.05) is 40.2 Å². The summed E-state index contributed by atoms with van der Waals surface area (Å²) in [5, 5.41) is 15.1. The van der Waals surface area contributed by atoms with Crippen molar-refractivity contribution in [2.75, 3.05) is 12.1 Å². The Morgan fingerprint density at radius 1 is 1.00 bits per heavy atom. The molecule has 0 spiro atoms. The number of hydrogen-bond acceptors (Lipinski definition) is 5. The number of nitro groups is 1. The van der Waals surface area contributed by atoms with E-state index in [0.717, 1.165) is 39.2 Å². The predicted molar refractivity (Wildman–Crippen MR) is 115 cm³/mol. The Morgan fingerprint density at radius 3 is 2.63 bits per heavy atom. The summed E-state index contributed by atoms with van der Waals surface area (Å²) < 4.78 is 12.1. The molecule has 3 aliphatic rings. The van der Waals surface area contributed by atoms with Crippen molar-refractivity contribution in [1.82, 2.24) is 0 Å². The Labute approximate surface area is 181 Å². The Kier molecular flexibility index (Phi) is 3.83. The van der Waals surface area contributed by atoms with Crippen molar-refractivity contribution >= 4 is 27.3 Å². The average Bonchev–Trinajstić information content (AvgIpc) is 3.36. The molecule has 0 radical (unpaired) electrons. The lowest BCUT2D eigenvalue weighted by molar-refractivity contribution is -0.384. The number of ether oxygens (including phenoxy) is 2. The quantitative estimate of drug-likeness (QED) is 0.397. The molecule has 1 N–H and O–H groups in total. The summed E-state index contributed by atoms with van der Waals surface area (Å²) in [6.07, 6.45) is 0.904. The second kappa shape index (κ2) is 6.47. The van der Waals surface area contributed by atoms with Gasteiger partial charge >= 0.3 is 0 Å².